The first-order valence-corrected chi connectivity index (χ1v) is 5.79. The zero-order valence-electron chi connectivity index (χ0n) is 10.1. The van der Waals surface area contributed by atoms with Crippen molar-refractivity contribution in [3.05, 3.63) is 29.8 Å². The molecule has 0 aliphatic carbocycles. The maximum Gasteiger partial charge on any atom is 0.119 e. The quantitative estimate of drug-likeness (QED) is 0.435. The minimum absolute atomic E-state index is 0.803. The van der Waals surface area contributed by atoms with Gasteiger partial charge in [-0.1, -0.05) is 19.8 Å². The third kappa shape index (κ3) is 4.82. The van der Waals surface area contributed by atoms with Crippen molar-refractivity contribution in [1.82, 2.24) is 5.43 Å². The van der Waals surface area contributed by atoms with Crippen LogP contribution in [-0.2, 0) is 0 Å². The van der Waals surface area contributed by atoms with E-state index < -0.39 is 0 Å². The summed E-state index contributed by atoms with van der Waals surface area (Å²) in [5.74, 6) is 0.928. The Morgan fingerprint density at radius 1 is 1.25 bits per heavy atom. The number of nitrogens with one attached hydrogen (secondary N) is 1. The molecule has 3 nitrogen and oxygen atoms in total. The molecule has 0 radical (unpaired) electrons. The molecular formula is C13H20N2O. The van der Waals surface area contributed by atoms with E-state index in [1.165, 1.54) is 12.8 Å². The van der Waals surface area contributed by atoms with Crippen LogP contribution < -0.4 is 10.2 Å². The van der Waals surface area contributed by atoms with Crippen LogP contribution in [0.1, 0.15) is 31.7 Å². The van der Waals surface area contributed by atoms with E-state index in [0.717, 1.165) is 24.3 Å². The summed E-state index contributed by atoms with van der Waals surface area (Å²) in [6.07, 6.45) is 5.36. The van der Waals surface area contributed by atoms with Gasteiger partial charge < -0.3 is 10.2 Å². The van der Waals surface area contributed by atoms with E-state index in [4.69, 9.17) is 4.74 Å². The molecule has 0 saturated heterocycles. The van der Waals surface area contributed by atoms with Crippen molar-refractivity contribution in [3.63, 3.8) is 0 Å². The number of hydrazone groups is 1. The van der Waals surface area contributed by atoms with E-state index in [0.29, 0.717) is 0 Å². The molecule has 0 unspecified atom stereocenters. The number of nitrogens with zero attached hydrogens (tertiary/aromatic N) is 1. The average Bonchev–Trinajstić information content (AvgIpc) is 2.33. The second kappa shape index (κ2) is 7.74. The lowest BCUT2D eigenvalue weighted by molar-refractivity contribution is 0.306. The summed E-state index contributed by atoms with van der Waals surface area (Å²) >= 11 is 0. The van der Waals surface area contributed by atoms with Crippen LogP contribution in [0, 0.1) is 0 Å². The second-order valence-corrected chi connectivity index (χ2v) is 3.61. The first kappa shape index (κ1) is 12.6. The summed E-state index contributed by atoms with van der Waals surface area (Å²) in [6, 6.07) is 7.94. The van der Waals surface area contributed by atoms with Gasteiger partial charge in [-0.2, -0.15) is 5.10 Å². The van der Waals surface area contributed by atoms with Crippen LogP contribution in [0.4, 0.5) is 0 Å². The van der Waals surface area contributed by atoms with Gasteiger partial charge in [0, 0.05) is 7.05 Å². The topological polar surface area (TPSA) is 33.6 Å². The molecule has 3 heteroatoms. The number of unbranched alkanes of at least 4 members (excludes halogenated alkanes) is 2. The molecular weight excluding hydrogens is 200 g/mol. The van der Waals surface area contributed by atoms with Crippen molar-refractivity contribution >= 4 is 6.21 Å². The Morgan fingerprint density at radius 2 is 2.00 bits per heavy atom. The van der Waals surface area contributed by atoms with E-state index in [2.05, 4.69) is 17.5 Å². The van der Waals surface area contributed by atoms with E-state index >= 15 is 0 Å². The SMILES string of the molecule is CCCCCOc1ccc(/C=N/NC)cc1. The normalized spacial score (nSPS) is 10.6. The van der Waals surface area contributed by atoms with Gasteiger partial charge in [-0.3, -0.25) is 0 Å². The van der Waals surface area contributed by atoms with Gasteiger partial charge in [-0.25, -0.2) is 0 Å². The van der Waals surface area contributed by atoms with Gasteiger partial charge in [0.05, 0.1) is 12.8 Å². The molecule has 0 heterocycles. The van der Waals surface area contributed by atoms with Gasteiger partial charge in [0.15, 0.2) is 0 Å². The molecule has 0 bridgehead atoms. The third-order valence-electron chi connectivity index (χ3n) is 2.24. The lowest BCUT2D eigenvalue weighted by Crippen LogP contribution is -1.97. The average molecular weight is 220 g/mol. The second-order valence-electron chi connectivity index (χ2n) is 3.61. The first-order valence-electron chi connectivity index (χ1n) is 5.79. The third-order valence-corrected chi connectivity index (χ3v) is 2.24. The smallest absolute Gasteiger partial charge is 0.119 e. The van der Waals surface area contributed by atoms with Crippen molar-refractivity contribution < 1.29 is 4.74 Å². The standard InChI is InChI=1S/C13H20N2O/c1-3-4-5-10-16-13-8-6-12(7-9-13)11-15-14-2/h6-9,11,14H,3-5,10H2,1-2H3/b15-11+. The van der Waals surface area contributed by atoms with Crippen LogP contribution in [0.3, 0.4) is 0 Å². The number of hydrogen-bond acceptors (Lipinski definition) is 3. The van der Waals surface area contributed by atoms with E-state index in [9.17, 15) is 0 Å². The summed E-state index contributed by atoms with van der Waals surface area (Å²) in [5, 5.41) is 3.94. The molecule has 0 atom stereocenters. The van der Waals surface area contributed by atoms with Crippen molar-refractivity contribution in [3.8, 4) is 5.75 Å². The molecule has 0 saturated carbocycles. The highest BCUT2D eigenvalue weighted by atomic mass is 16.5. The van der Waals surface area contributed by atoms with Crippen LogP contribution >= 0.6 is 0 Å². The number of rotatable bonds is 7. The lowest BCUT2D eigenvalue weighted by atomic mass is 10.2. The first-order chi connectivity index (χ1) is 7.86. The predicted molar refractivity (Wildman–Crippen MR) is 68.1 cm³/mol. The van der Waals surface area contributed by atoms with Crippen LogP contribution in [0.2, 0.25) is 0 Å². The van der Waals surface area contributed by atoms with Crippen molar-refractivity contribution in [1.29, 1.82) is 0 Å². The van der Waals surface area contributed by atoms with Crippen molar-refractivity contribution in [2.24, 2.45) is 5.10 Å². The summed E-state index contributed by atoms with van der Waals surface area (Å²) < 4.78 is 5.61. The fourth-order valence-corrected chi connectivity index (χ4v) is 1.33. The van der Waals surface area contributed by atoms with Crippen LogP contribution in [0.25, 0.3) is 0 Å². The monoisotopic (exact) mass is 220 g/mol. The Balaban J connectivity index is 2.36. The van der Waals surface area contributed by atoms with Crippen LogP contribution in [0.5, 0.6) is 5.75 Å². The highest BCUT2D eigenvalue weighted by molar-refractivity contribution is 5.79. The molecule has 16 heavy (non-hydrogen) atoms. The minimum atomic E-state index is 0.803. The maximum absolute atomic E-state index is 5.61. The highest BCUT2D eigenvalue weighted by Crippen LogP contribution is 2.11. The molecule has 1 aromatic carbocycles. The van der Waals surface area contributed by atoms with Crippen LogP contribution in [-0.4, -0.2) is 19.9 Å². The zero-order chi connectivity index (χ0) is 11.6. The zero-order valence-corrected chi connectivity index (χ0v) is 10.1. The molecule has 0 aromatic heterocycles. The maximum atomic E-state index is 5.61. The van der Waals surface area contributed by atoms with Gasteiger partial charge >= 0.3 is 0 Å². The Labute approximate surface area is 97.5 Å². The summed E-state index contributed by atoms with van der Waals surface area (Å²) in [7, 11) is 1.78. The van der Waals surface area contributed by atoms with Crippen molar-refractivity contribution in [2.75, 3.05) is 13.7 Å². The predicted octanol–water partition coefficient (Wildman–Crippen LogP) is 2.81. The summed E-state index contributed by atoms with van der Waals surface area (Å²) in [4.78, 5) is 0. The Morgan fingerprint density at radius 3 is 2.62 bits per heavy atom. The molecule has 0 aliphatic heterocycles. The Kier molecular flexibility index (Phi) is 6.07. The number of ether oxygens (including phenoxy) is 1. The lowest BCUT2D eigenvalue weighted by Gasteiger charge is -2.05. The van der Waals surface area contributed by atoms with E-state index in [-0.39, 0.29) is 0 Å². The molecule has 1 aromatic rings. The summed E-state index contributed by atoms with van der Waals surface area (Å²) in [5.41, 5.74) is 3.78. The molecule has 0 aliphatic rings. The molecule has 0 fully saturated rings. The fourth-order valence-electron chi connectivity index (χ4n) is 1.33. The molecule has 1 N–H and O–H groups in total. The molecule has 1 rings (SSSR count). The van der Waals surface area contributed by atoms with Crippen molar-refractivity contribution in [2.45, 2.75) is 26.2 Å². The van der Waals surface area contributed by atoms with Gasteiger partial charge in [-0.05, 0) is 36.2 Å². The van der Waals surface area contributed by atoms with Gasteiger partial charge in [0.2, 0.25) is 0 Å². The highest BCUT2D eigenvalue weighted by Gasteiger charge is 1.93. The van der Waals surface area contributed by atoms with Gasteiger partial charge in [-0.15, -0.1) is 0 Å². The van der Waals surface area contributed by atoms with E-state index in [1.54, 1.807) is 13.3 Å². The Bertz CT molecular complexity index is 306. The Hall–Kier alpha value is -1.51. The minimum Gasteiger partial charge on any atom is -0.494 e. The molecule has 0 amide bonds. The van der Waals surface area contributed by atoms with E-state index in [1.807, 2.05) is 24.3 Å². The molecule has 0 spiro atoms. The molecule has 88 valence electrons. The summed E-state index contributed by atoms with van der Waals surface area (Å²) in [6.45, 7) is 2.99. The largest absolute Gasteiger partial charge is 0.494 e. The van der Waals surface area contributed by atoms with Gasteiger partial charge in [0.25, 0.3) is 0 Å². The fraction of sp³-hybridized carbons (Fsp3) is 0.462. The van der Waals surface area contributed by atoms with Crippen LogP contribution in [0.15, 0.2) is 29.4 Å². The number of hydrogen-bond donors (Lipinski definition) is 1. The number of benzene rings is 1. The van der Waals surface area contributed by atoms with Gasteiger partial charge in [0.1, 0.15) is 5.75 Å².